The number of pyridine rings is 1. The fraction of sp³-hybridized carbons (Fsp3) is 0.211. The SMILES string of the molecule is Cc1ccc([C@@]2(NC(=O)c3cnsc3)CCOc3cccnc32)cc1F. The van der Waals surface area contributed by atoms with Gasteiger partial charge in [-0.2, -0.15) is 0 Å². The largest absolute Gasteiger partial charge is 0.491 e. The van der Waals surface area contributed by atoms with Gasteiger partial charge in [0, 0.05) is 18.0 Å². The summed E-state index contributed by atoms with van der Waals surface area (Å²) >= 11 is 1.20. The van der Waals surface area contributed by atoms with Gasteiger partial charge in [-0.1, -0.05) is 12.1 Å². The van der Waals surface area contributed by atoms with Crippen molar-refractivity contribution in [2.75, 3.05) is 6.61 Å². The number of carbonyl (C=O) groups excluding carboxylic acids is 1. The topological polar surface area (TPSA) is 64.1 Å². The van der Waals surface area contributed by atoms with Gasteiger partial charge >= 0.3 is 0 Å². The maximum atomic E-state index is 14.3. The Morgan fingerprint density at radius 2 is 2.27 bits per heavy atom. The van der Waals surface area contributed by atoms with E-state index in [2.05, 4.69) is 14.7 Å². The summed E-state index contributed by atoms with van der Waals surface area (Å²) in [6, 6.07) is 8.58. The van der Waals surface area contributed by atoms with Crippen molar-refractivity contribution in [2.45, 2.75) is 18.9 Å². The highest BCUT2D eigenvalue weighted by molar-refractivity contribution is 7.03. The van der Waals surface area contributed by atoms with Crippen LogP contribution in [0.3, 0.4) is 0 Å². The average molecular weight is 369 g/mol. The third-order valence-electron chi connectivity index (χ3n) is 4.60. The summed E-state index contributed by atoms with van der Waals surface area (Å²) in [6.07, 6.45) is 3.61. The Labute approximate surface area is 154 Å². The summed E-state index contributed by atoms with van der Waals surface area (Å²) in [5.41, 5.74) is 1.26. The molecule has 26 heavy (non-hydrogen) atoms. The number of hydrogen-bond donors (Lipinski definition) is 1. The molecule has 3 heterocycles. The fourth-order valence-electron chi connectivity index (χ4n) is 3.18. The van der Waals surface area contributed by atoms with Gasteiger partial charge in [0.1, 0.15) is 22.8 Å². The van der Waals surface area contributed by atoms with Crippen molar-refractivity contribution in [3.8, 4) is 5.75 Å². The molecule has 5 nitrogen and oxygen atoms in total. The Morgan fingerprint density at radius 1 is 1.38 bits per heavy atom. The number of aryl methyl sites for hydroxylation is 1. The molecule has 1 aliphatic heterocycles. The van der Waals surface area contributed by atoms with E-state index in [1.807, 2.05) is 6.07 Å². The molecular formula is C19H16FN3O2S. The molecule has 0 saturated carbocycles. The number of halogens is 1. The van der Waals surface area contributed by atoms with E-state index in [0.29, 0.717) is 41.2 Å². The molecule has 0 aliphatic carbocycles. The first kappa shape index (κ1) is 16.7. The molecule has 132 valence electrons. The number of nitrogens with zero attached hydrogens (tertiary/aromatic N) is 2. The highest BCUT2D eigenvalue weighted by Gasteiger charge is 2.42. The van der Waals surface area contributed by atoms with Gasteiger partial charge in [0.15, 0.2) is 0 Å². The van der Waals surface area contributed by atoms with Crippen LogP contribution >= 0.6 is 11.5 Å². The molecule has 3 aromatic rings. The summed E-state index contributed by atoms with van der Waals surface area (Å²) in [5.74, 6) is -0.0148. The van der Waals surface area contributed by atoms with Crippen LogP contribution in [0.4, 0.5) is 4.39 Å². The zero-order chi connectivity index (χ0) is 18.1. The zero-order valence-corrected chi connectivity index (χ0v) is 14.8. The number of hydrogen-bond acceptors (Lipinski definition) is 5. The third-order valence-corrected chi connectivity index (χ3v) is 5.18. The molecule has 1 aromatic carbocycles. The molecule has 1 N–H and O–H groups in total. The smallest absolute Gasteiger partial charge is 0.254 e. The van der Waals surface area contributed by atoms with E-state index in [-0.39, 0.29) is 11.7 Å². The predicted molar refractivity (Wildman–Crippen MR) is 95.8 cm³/mol. The van der Waals surface area contributed by atoms with Crippen LogP contribution in [0.5, 0.6) is 5.75 Å². The standard InChI is InChI=1S/C19H16FN3O2S/c1-12-4-5-14(9-15(12)20)19(23-18(24)13-10-22-26-11-13)6-8-25-16-3-2-7-21-17(16)19/h2-5,7,9-11H,6,8H2,1H3,(H,23,24)/t19-/m0/s1. The molecule has 1 atom stereocenters. The maximum absolute atomic E-state index is 14.3. The first-order chi connectivity index (χ1) is 12.6. The average Bonchev–Trinajstić information content (AvgIpc) is 3.19. The molecule has 7 heteroatoms. The lowest BCUT2D eigenvalue weighted by Crippen LogP contribution is -2.50. The Bertz CT molecular complexity index is 961. The van der Waals surface area contributed by atoms with E-state index in [0.717, 1.165) is 0 Å². The first-order valence-electron chi connectivity index (χ1n) is 8.17. The molecule has 4 rings (SSSR count). The molecule has 1 amide bonds. The van der Waals surface area contributed by atoms with Crippen LogP contribution in [-0.4, -0.2) is 21.9 Å². The van der Waals surface area contributed by atoms with Crippen molar-refractivity contribution < 1.29 is 13.9 Å². The molecule has 0 fully saturated rings. The van der Waals surface area contributed by atoms with Gasteiger partial charge in [0.05, 0.1) is 18.4 Å². The van der Waals surface area contributed by atoms with Gasteiger partial charge in [0.25, 0.3) is 5.91 Å². The Balaban J connectivity index is 1.87. The van der Waals surface area contributed by atoms with E-state index in [4.69, 9.17) is 4.74 Å². The lowest BCUT2D eigenvalue weighted by atomic mass is 9.81. The normalized spacial score (nSPS) is 18.7. The summed E-state index contributed by atoms with van der Waals surface area (Å²) < 4.78 is 24.0. The lowest BCUT2D eigenvalue weighted by molar-refractivity contribution is 0.0883. The number of nitrogens with one attached hydrogen (secondary N) is 1. The van der Waals surface area contributed by atoms with Crippen LogP contribution < -0.4 is 10.1 Å². The van der Waals surface area contributed by atoms with Gasteiger partial charge in [-0.05, 0) is 47.8 Å². The highest BCUT2D eigenvalue weighted by Crippen LogP contribution is 2.41. The number of rotatable bonds is 3. The Hall–Kier alpha value is -2.80. The van der Waals surface area contributed by atoms with Crippen molar-refractivity contribution in [1.29, 1.82) is 0 Å². The second-order valence-corrected chi connectivity index (χ2v) is 6.84. The van der Waals surface area contributed by atoms with Crippen LogP contribution in [-0.2, 0) is 5.54 Å². The van der Waals surface area contributed by atoms with Gasteiger partial charge in [-0.25, -0.2) is 8.76 Å². The van der Waals surface area contributed by atoms with Crippen molar-refractivity contribution in [3.63, 3.8) is 0 Å². The van der Waals surface area contributed by atoms with E-state index in [9.17, 15) is 9.18 Å². The molecule has 0 radical (unpaired) electrons. The molecule has 0 saturated heterocycles. The second kappa shape index (κ2) is 6.49. The fourth-order valence-corrected chi connectivity index (χ4v) is 3.69. The summed E-state index contributed by atoms with van der Waals surface area (Å²) in [7, 11) is 0. The predicted octanol–water partition coefficient (Wildman–Crippen LogP) is 3.44. The molecule has 0 bridgehead atoms. The lowest BCUT2D eigenvalue weighted by Gasteiger charge is -2.39. The van der Waals surface area contributed by atoms with Crippen molar-refractivity contribution in [2.24, 2.45) is 0 Å². The quantitative estimate of drug-likeness (QED) is 0.768. The van der Waals surface area contributed by atoms with E-state index in [1.54, 1.807) is 36.7 Å². The summed E-state index contributed by atoms with van der Waals surface area (Å²) in [4.78, 5) is 17.3. The molecule has 1 aliphatic rings. The van der Waals surface area contributed by atoms with Crippen LogP contribution in [0.25, 0.3) is 0 Å². The minimum Gasteiger partial charge on any atom is -0.491 e. The number of aromatic nitrogens is 2. The second-order valence-electron chi connectivity index (χ2n) is 6.19. The van der Waals surface area contributed by atoms with Crippen molar-refractivity contribution in [1.82, 2.24) is 14.7 Å². The van der Waals surface area contributed by atoms with Crippen LogP contribution in [0.15, 0.2) is 48.1 Å². The van der Waals surface area contributed by atoms with Crippen molar-refractivity contribution >= 4 is 17.4 Å². The van der Waals surface area contributed by atoms with Crippen LogP contribution in [0, 0.1) is 12.7 Å². The summed E-state index contributed by atoms with van der Waals surface area (Å²) in [5, 5.41) is 4.75. The Kier molecular flexibility index (Phi) is 4.16. The van der Waals surface area contributed by atoms with E-state index in [1.165, 1.54) is 23.8 Å². The molecule has 2 aromatic heterocycles. The summed E-state index contributed by atoms with van der Waals surface area (Å²) in [6.45, 7) is 2.09. The van der Waals surface area contributed by atoms with Crippen LogP contribution in [0.2, 0.25) is 0 Å². The van der Waals surface area contributed by atoms with Gasteiger partial charge in [0.2, 0.25) is 0 Å². The first-order valence-corrected chi connectivity index (χ1v) is 9.01. The monoisotopic (exact) mass is 369 g/mol. The number of fused-ring (bicyclic) bond motifs is 1. The molecule has 0 spiro atoms. The van der Waals surface area contributed by atoms with E-state index >= 15 is 0 Å². The third kappa shape index (κ3) is 2.74. The highest BCUT2D eigenvalue weighted by atomic mass is 32.1. The minimum atomic E-state index is -0.970. The maximum Gasteiger partial charge on any atom is 0.254 e. The van der Waals surface area contributed by atoms with Gasteiger partial charge in [-0.3, -0.25) is 9.78 Å². The molecule has 0 unspecified atom stereocenters. The number of ether oxygens (including phenoxy) is 1. The number of benzene rings is 1. The number of amides is 1. The van der Waals surface area contributed by atoms with Crippen LogP contribution in [0.1, 0.15) is 33.6 Å². The van der Waals surface area contributed by atoms with Gasteiger partial charge in [-0.15, -0.1) is 0 Å². The van der Waals surface area contributed by atoms with Gasteiger partial charge < -0.3 is 10.1 Å². The zero-order valence-electron chi connectivity index (χ0n) is 14.0. The molecular weight excluding hydrogens is 353 g/mol. The number of carbonyl (C=O) groups is 1. The van der Waals surface area contributed by atoms with E-state index < -0.39 is 5.54 Å². The van der Waals surface area contributed by atoms with Crippen molar-refractivity contribution in [3.05, 3.63) is 76.3 Å². The Morgan fingerprint density at radius 3 is 3.04 bits per heavy atom. The minimum absolute atomic E-state index is 0.279.